The van der Waals surface area contributed by atoms with Crippen molar-refractivity contribution in [2.75, 3.05) is 24.0 Å². The van der Waals surface area contributed by atoms with Gasteiger partial charge >= 0.3 is 0 Å². The molecule has 31 heavy (non-hydrogen) atoms. The number of rotatable bonds is 4. The molecule has 0 atom stereocenters. The minimum absolute atomic E-state index is 0.182. The number of aldehydes is 1. The molecular formula is C23H21N5O3. The molecule has 0 saturated carbocycles. The molecule has 0 unspecified atom stereocenters. The van der Waals surface area contributed by atoms with E-state index in [0.717, 1.165) is 17.5 Å². The van der Waals surface area contributed by atoms with E-state index in [2.05, 4.69) is 15.4 Å². The molecule has 156 valence electrons. The maximum Gasteiger partial charge on any atom is 0.282 e. The molecule has 2 heterocycles. The van der Waals surface area contributed by atoms with Crippen molar-refractivity contribution in [3.63, 3.8) is 0 Å². The Morgan fingerprint density at radius 3 is 2.39 bits per heavy atom. The summed E-state index contributed by atoms with van der Waals surface area (Å²) < 4.78 is 0. The van der Waals surface area contributed by atoms with Gasteiger partial charge in [-0.05, 0) is 67.4 Å². The second-order valence-corrected chi connectivity index (χ2v) is 7.55. The average molecular weight is 415 g/mol. The van der Waals surface area contributed by atoms with Crippen molar-refractivity contribution in [3.05, 3.63) is 64.7 Å². The normalized spacial score (nSPS) is 17.0. The number of amides is 2. The van der Waals surface area contributed by atoms with Crippen molar-refractivity contribution in [1.29, 1.82) is 0 Å². The fraction of sp³-hybridized carbons (Fsp3) is 0.174. The number of amidine groups is 1. The number of anilines is 2. The summed E-state index contributed by atoms with van der Waals surface area (Å²) in [4.78, 5) is 43.2. The lowest BCUT2D eigenvalue weighted by atomic mass is 9.98. The van der Waals surface area contributed by atoms with Gasteiger partial charge in [-0.1, -0.05) is 0 Å². The van der Waals surface area contributed by atoms with Crippen molar-refractivity contribution in [2.24, 2.45) is 10.1 Å². The number of aliphatic imine (C=N–C) groups is 1. The molecule has 2 aromatic rings. The summed E-state index contributed by atoms with van der Waals surface area (Å²) >= 11 is 0. The van der Waals surface area contributed by atoms with E-state index in [4.69, 9.17) is 0 Å². The van der Waals surface area contributed by atoms with Crippen LogP contribution >= 0.6 is 0 Å². The van der Waals surface area contributed by atoms with Gasteiger partial charge in [0.05, 0.1) is 16.9 Å². The second kappa shape index (κ2) is 7.64. The van der Waals surface area contributed by atoms with Gasteiger partial charge in [0.1, 0.15) is 12.0 Å². The quantitative estimate of drug-likeness (QED) is 0.777. The molecule has 0 aromatic heterocycles. The lowest BCUT2D eigenvalue weighted by Crippen LogP contribution is -2.43. The molecular weight excluding hydrogens is 394 g/mol. The van der Waals surface area contributed by atoms with Crippen LogP contribution in [0.3, 0.4) is 0 Å². The molecule has 0 saturated heterocycles. The predicted octanol–water partition coefficient (Wildman–Crippen LogP) is 2.75. The zero-order valence-electron chi connectivity index (χ0n) is 17.6. The number of aryl methyl sites for hydroxylation is 1. The molecule has 0 fully saturated rings. The Kier molecular flexibility index (Phi) is 4.98. The van der Waals surface area contributed by atoms with Gasteiger partial charge in [0.25, 0.3) is 11.8 Å². The smallest absolute Gasteiger partial charge is 0.282 e. The monoisotopic (exact) mass is 415 g/mol. The van der Waals surface area contributed by atoms with Gasteiger partial charge in [-0.25, -0.2) is 4.99 Å². The van der Waals surface area contributed by atoms with E-state index in [9.17, 15) is 14.4 Å². The second-order valence-electron chi connectivity index (χ2n) is 7.55. The van der Waals surface area contributed by atoms with E-state index in [1.807, 2.05) is 44.1 Å². The van der Waals surface area contributed by atoms with Crippen LogP contribution in [0.2, 0.25) is 0 Å². The molecule has 2 aromatic carbocycles. The van der Waals surface area contributed by atoms with Crippen molar-refractivity contribution >= 4 is 46.7 Å². The summed E-state index contributed by atoms with van der Waals surface area (Å²) in [5.41, 5.74) is 4.55. The van der Waals surface area contributed by atoms with Crippen LogP contribution in [-0.2, 0) is 9.59 Å². The first-order valence-corrected chi connectivity index (χ1v) is 9.68. The molecule has 8 nitrogen and oxygen atoms in total. The van der Waals surface area contributed by atoms with E-state index in [1.54, 1.807) is 31.2 Å². The number of nitrogens with one attached hydrogen (secondary N) is 1. The Bertz CT molecular complexity index is 1210. The minimum Gasteiger partial charge on any atom is -0.378 e. The molecule has 0 spiro atoms. The molecule has 0 radical (unpaired) electrons. The Labute approximate surface area is 179 Å². The van der Waals surface area contributed by atoms with Crippen LogP contribution in [0.5, 0.6) is 0 Å². The van der Waals surface area contributed by atoms with Crippen molar-refractivity contribution < 1.29 is 14.4 Å². The first-order chi connectivity index (χ1) is 14.8. The lowest BCUT2D eigenvalue weighted by Gasteiger charge is -2.18. The maximum atomic E-state index is 13.1. The lowest BCUT2D eigenvalue weighted by molar-refractivity contribution is -0.114. The number of fused-ring (bicyclic) bond motifs is 1. The van der Waals surface area contributed by atoms with E-state index >= 15 is 0 Å². The highest BCUT2D eigenvalue weighted by Gasteiger charge is 2.39. The molecule has 4 rings (SSSR count). The van der Waals surface area contributed by atoms with Gasteiger partial charge in [0, 0.05) is 25.3 Å². The van der Waals surface area contributed by atoms with Gasteiger partial charge in [0.2, 0.25) is 0 Å². The third-order valence-electron chi connectivity index (χ3n) is 5.22. The van der Waals surface area contributed by atoms with E-state index in [1.165, 1.54) is 5.01 Å². The minimum atomic E-state index is -0.415. The summed E-state index contributed by atoms with van der Waals surface area (Å²) in [6, 6.07) is 12.2. The number of nitrogens with zero attached hydrogens (tertiary/aromatic N) is 4. The van der Waals surface area contributed by atoms with Crippen LogP contribution in [0.25, 0.3) is 0 Å². The van der Waals surface area contributed by atoms with Crippen LogP contribution in [-0.4, -0.2) is 43.7 Å². The Balaban J connectivity index is 1.73. The average Bonchev–Trinajstić information content (AvgIpc) is 3.08. The number of hydrogen-bond acceptors (Lipinski definition) is 6. The summed E-state index contributed by atoms with van der Waals surface area (Å²) in [7, 11) is 3.91. The van der Waals surface area contributed by atoms with E-state index in [0.29, 0.717) is 28.1 Å². The van der Waals surface area contributed by atoms with Crippen molar-refractivity contribution in [1.82, 2.24) is 5.32 Å². The predicted molar refractivity (Wildman–Crippen MR) is 120 cm³/mol. The first-order valence-electron chi connectivity index (χ1n) is 9.68. The third kappa shape index (κ3) is 3.52. The highest BCUT2D eigenvalue weighted by Crippen LogP contribution is 2.29. The van der Waals surface area contributed by atoms with E-state index in [-0.39, 0.29) is 17.5 Å². The summed E-state index contributed by atoms with van der Waals surface area (Å²) in [6.45, 7) is 3.62. The largest absolute Gasteiger partial charge is 0.378 e. The molecule has 0 aliphatic carbocycles. The molecule has 1 N–H and O–H groups in total. The summed E-state index contributed by atoms with van der Waals surface area (Å²) in [6.07, 6.45) is 0.726. The standard InChI is InChI=1S/C23H21N5O3/c1-13-11-17(27(3)4)9-10-18(13)24-20-14(2)19-21(25-22(20)30)26-28(23(19)31)16-7-5-15(12-29)6-8-16/h5-12H,1-4H3,(H,25,26,30)/b24-20-. The maximum absolute atomic E-state index is 13.1. The van der Waals surface area contributed by atoms with Gasteiger partial charge in [-0.3, -0.25) is 14.4 Å². The van der Waals surface area contributed by atoms with Crippen LogP contribution in [0.1, 0.15) is 22.8 Å². The summed E-state index contributed by atoms with van der Waals surface area (Å²) in [5.74, 6) is -0.577. The number of carbonyl (C=O) groups is 3. The molecule has 8 heteroatoms. The Morgan fingerprint density at radius 1 is 1.06 bits per heavy atom. The van der Waals surface area contributed by atoms with Gasteiger partial charge in [-0.2, -0.15) is 5.01 Å². The highest BCUT2D eigenvalue weighted by atomic mass is 16.2. The fourth-order valence-electron chi connectivity index (χ4n) is 3.45. The van der Waals surface area contributed by atoms with Crippen LogP contribution < -0.4 is 15.2 Å². The van der Waals surface area contributed by atoms with Crippen molar-refractivity contribution in [2.45, 2.75) is 13.8 Å². The van der Waals surface area contributed by atoms with Gasteiger partial charge in [0.15, 0.2) is 5.84 Å². The summed E-state index contributed by atoms with van der Waals surface area (Å²) in [5, 5.41) is 8.16. The number of hydrogen-bond donors (Lipinski definition) is 1. The number of hydrazone groups is 1. The topological polar surface area (TPSA) is 94.4 Å². The van der Waals surface area contributed by atoms with Crippen LogP contribution in [0.4, 0.5) is 17.1 Å². The third-order valence-corrected chi connectivity index (χ3v) is 5.22. The molecule has 2 aliphatic rings. The molecule has 2 amide bonds. The highest BCUT2D eigenvalue weighted by molar-refractivity contribution is 6.55. The Hall–Kier alpha value is -4.07. The molecule has 2 aliphatic heterocycles. The first kappa shape index (κ1) is 20.2. The fourth-order valence-corrected chi connectivity index (χ4v) is 3.45. The van der Waals surface area contributed by atoms with Crippen LogP contribution in [0.15, 0.2) is 63.7 Å². The van der Waals surface area contributed by atoms with Crippen LogP contribution in [0, 0.1) is 6.92 Å². The zero-order valence-corrected chi connectivity index (χ0v) is 17.6. The molecule has 0 bridgehead atoms. The SMILES string of the molecule is CC1=C2C(=O)N(c3ccc(C=O)cc3)N=C2NC(=O)/C1=N\c1ccc(N(C)C)cc1C. The number of benzene rings is 2. The zero-order chi connectivity index (χ0) is 22.3. The van der Waals surface area contributed by atoms with Gasteiger partial charge < -0.3 is 10.2 Å². The number of carbonyl (C=O) groups excluding carboxylic acids is 3. The van der Waals surface area contributed by atoms with Crippen molar-refractivity contribution in [3.8, 4) is 0 Å². The van der Waals surface area contributed by atoms with E-state index < -0.39 is 5.91 Å². The Morgan fingerprint density at radius 2 is 1.77 bits per heavy atom. The van der Waals surface area contributed by atoms with Gasteiger partial charge in [-0.15, -0.1) is 5.10 Å².